The van der Waals surface area contributed by atoms with E-state index in [1.54, 1.807) is 0 Å². The fraction of sp³-hybridized carbons (Fsp3) is 0.333. The average Bonchev–Trinajstić information content (AvgIpc) is 2.34. The predicted octanol–water partition coefficient (Wildman–Crippen LogP) is 5.43. The molecule has 0 atom stereocenters. The van der Waals surface area contributed by atoms with E-state index in [0.29, 0.717) is 0 Å². The van der Waals surface area contributed by atoms with Crippen LogP contribution in [0.25, 0.3) is 0 Å². The van der Waals surface area contributed by atoms with E-state index in [1.807, 2.05) is 11.8 Å². The molecule has 0 radical (unpaired) electrons. The minimum atomic E-state index is 1.05. The molecule has 1 aromatic carbocycles. The van der Waals surface area contributed by atoms with E-state index >= 15 is 0 Å². The van der Waals surface area contributed by atoms with Crippen molar-refractivity contribution in [3.8, 4) is 0 Å². The van der Waals surface area contributed by atoms with Crippen LogP contribution in [-0.4, -0.2) is 0 Å². The highest BCUT2D eigenvalue weighted by atomic mass is 32.2. The van der Waals surface area contributed by atoms with Gasteiger partial charge in [0.2, 0.25) is 0 Å². The van der Waals surface area contributed by atoms with Crippen LogP contribution < -0.4 is 0 Å². The number of hydrogen-bond acceptors (Lipinski definition) is 1. The van der Waals surface area contributed by atoms with Gasteiger partial charge in [-0.2, -0.15) is 0 Å². The summed E-state index contributed by atoms with van der Waals surface area (Å²) in [6.45, 7) is 4.38. The molecule has 1 rings (SSSR count). The van der Waals surface area contributed by atoms with Crippen molar-refractivity contribution >= 4 is 11.8 Å². The Bertz CT molecular complexity index is 336. The van der Waals surface area contributed by atoms with Gasteiger partial charge in [-0.05, 0) is 36.3 Å². The monoisotopic (exact) mass is 232 g/mol. The Morgan fingerprint density at radius 1 is 1.12 bits per heavy atom. The molecule has 0 aromatic heterocycles. The van der Waals surface area contributed by atoms with Gasteiger partial charge in [0, 0.05) is 4.90 Å². The molecule has 0 heterocycles. The van der Waals surface area contributed by atoms with Crippen molar-refractivity contribution in [1.82, 2.24) is 0 Å². The minimum Gasteiger partial charge on any atom is -0.0949 e. The van der Waals surface area contributed by atoms with E-state index in [9.17, 15) is 0 Å². The van der Waals surface area contributed by atoms with Crippen molar-refractivity contribution in [3.05, 3.63) is 53.5 Å². The Labute approximate surface area is 103 Å². The number of thioether (sulfide) groups is 1. The third-order valence-electron chi connectivity index (χ3n) is 2.22. The van der Waals surface area contributed by atoms with Crippen LogP contribution in [-0.2, 0) is 0 Å². The second-order valence-corrected chi connectivity index (χ2v) is 4.75. The SMILES string of the molecule is CC/C=C\C/C=C(\CC)Sc1ccccc1. The second kappa shape index (κ2) is 8.23. The summed E-state index contributed by atoms with van der Waals surface area (Å²) < 4.78 is 0. The summed E-state index contributed by atoms with van der Waals surface area (Å²) in [5.41, 5.74) is 0. The maximum atomic E-state index is 2.32. The third kappa shape index (κ3) is 5.22. The Morgan fingerprint density at radius 2 is 1.88 bits per heavy atom. The van der Waals surface area contributed by atoms with Gasteiger partial charge in [-0.3, -0.25) is 0 Å². The smallest absolute Gasteiger partial charge is 0.0118 e. The first kappa shape index (κ1) is 13.1. The maximum Gasteiger partial charge on any atom is 0.0118 e. The minimum absolute atomic E-state index is 1.05. The van der Waals surface area contributed by atoms with E-state index in [4.69, 9.17) is 0 Å². The lowest BCUT2D eigenvalue weighted by Crippen LogP contribution is -1.76. The van der Waals surface area contributed by atoms with Crippen molar-refractivity contribution in [2.24, 2.45) is 0 Å². The highest BCUT2D eigenvalue weighted by Gasteiger charge is 1.96. The van der Waals surface area contributed by atoms with Crippen LogP contribution in [0.1, 0.15) is 33.1 Å². The number of allylic oxidation sites excluding steroid dienone is 4. The normalized spacial score (nSPS) is 12.2. The molecule has 0 aliphatic carbocycles. The summed E-state index contributed by atoms with van der Waals surface area (Å²) in [4.78, 5) is 2.78. The Morgan fingerprint density at radius 3 is 2.50 bits per heavy atom. The Balaban J connectivity index is 2.52. The molecule has 0 aliphatic heterocycles. The highest BCUT2D eigenvalue weighted by molar-refractivity contribution is 8.03. The lowest BCUT2D eigenvalue weighted by Gasteiger charge is -2.03. The lowest BCUT2D eigenvalue weighted by atomic mass is 10.3. The molecule has 0 aliphatic rings. The number of hydrogen-bond donors (Lipinski definition) is 0. The van der Waals surface area contributed by atoms with Crippen LogP contribution in [0.3, 0.4) is 0 Å². The van der Waals surface area contributed by atoms with E-state index < -0.39 is 0 Å². The molecule has 0 fully saturated rings. The summed E-state index contributed by atoms with van der Waals surface area (Å²) >= 11 is 1.87. The van der Waals surface area contributed by atoms with Gasteiger partial charge in [-0.15, -0.1) is 0 Å². The molecule has 86 valence electrons. The molecule has 1 heteroatoms. The van der Waals surface area contributed by atoms with E-state index in [0.717, 1.165) is 19.3 Å². The van der Waals surface area contributed by atoms with Gasteiger partial charge in [-0.1, -0.05) is 62.0 Å². The number of rotatable bonds is 6. The van der Waals surface area contributed by atoms with Crippen LogP contribution in [0.15, 0.2) is 58.4 Å². The molecular formula is C15H20S. The Hall–Kier alpha value is -0.950. The molecule has 0 spiro atoms. The summed E-state index contributed by atoms with van der Waals surface area (Å²) in [6, 6.07) is 10.6. The van der Waals surface area contributed by atoms with Gasteiger partial charge >= 0.3 is 0 Å². The largest absolute Gasteiger partial charge is 0.0949 e. The molecule has 1 aromatic rings. The van der Waals surface area contributed by atoms with E-state index in [1.165, 1.54) is 9.80 Å². The fourth-order valence-corrected chi connectivity index (χ4v) is 2.28. The van der Waals surface area contributed by atoms with Crippen molar-refractivity contribution in [2.75, 3.05) is 0 Å². The van der Waals surface area contributed by atoms with Crippen LogP contribution >= 0.6 is 11.8 Å². The van der Waals surface area contributed by atoms with Gasteiger partial charge in [-0.25, -0.2) is 0 Å². The molecular weight excluding hydrogens is 212 g/mol. The van der Waals surface area contributed by atoms with Gasteiger partial charge in [0.25, 0.3) is 0 Å². The van der Waals surface area contributed by atoms with Crippen LogP contribution in [0.5, 0.6) is 0 Å². The van der Waals surface area contributed by atoms with E-state index in [-0.39, 0.29) is 0 Å². The molecule has 0 bridgehead atoms. The fourth-order valence-electron chi connectivity index (χ4n) is 1.36. The standard InChI is InChI=1S/C15H20S/c1-3-5-6-8-11-14(4-2)16-15-12-9-7-10-13-15/h5-7,9-13H,3-4,8H2,1-2H3/b6-5-,14-11+. The van der Waals surface area contributed by atoms with Gasteiger partial charge in [0.05, 0.1) is 0 Å². The van der Waals surface area contributed by atoms with Crippen LogP contribution in [0, 0.1) is 0 Å². The third-order valence-corrected chi connectivity index (χ3v) is 3.45. The lowest BCUT2D eigenvalue weighted by molar-refractivity contribution is 1.16. The molecule has 0 amide bonds. The average molecular weight is 232 g/mol. The number of benzene rings is 1. The zero-order chi connectivity index (χ0) is 11.6. The maximum absolute atomic E-state index is 2.32. The van der Waals surface area contributed by atoms with E-state index in [2.05, 4.69) is 62.4 Å². The molecule has 16 heavy (non-hydrogen) atoms. The first-order valence-corrected chi connectivity index (χ1v) is 6.75. The topological polar surface area (TPSA) is 0 Å². The van der Waals surface area contributed by atoms with Gasteiger partial charge in [0.1, 0.15) is 0 Å². The summed E-state index contributed by atoms with van der Waals surface area (Å²) in [5.74, 6) is 0. The van der Waals surface area contributed by atoms with Crippen molar-refractivity contribution in [1.29, 1.82) is 0 Å². The quantitative estimate of drug-likeness (QED) is 0.465. The summed E-state index contributed by atoms with van der Waals surface area (Å²) in [6.07, 6.45) is 10.1. The first-order chi connectivity index (χ1) is 7.86. The van der Waals surface area contributed by atoms with Crippen LogP contribution in [0.2, 0.25) is 0 Å². The molecule has 0 unspecified atom stereocenters. The van der Waals surface area contributed by atoms with Crippen molar-refractivity contribution in [2.45, 2.75) is 38.0 Å². The molecule has 0 saturated carbocycles. The molecule has 0 nitrogen and oxygen atoms in total. The van der Waals surface area contributed by atoms with Crippen molar-refractivity contribution in [3.63, 3.8) is 0 Å². The Kier molecular flexibility index (Phi) is 6.75. The van der Waals surface area contributed by atoms with Crippen LogP contribution in [0.4, 0.5) is 0 Å². The molecule has 0 N–H and O–H groups in total. The first-order valence-electron chi connectivity index (χ1n) is 5.93. The van der Waals surface area contributed by atoms with Gasteiger partial charge < -0.3 is 0 Å². The highest BCUT2D eigenvalue weighted by Crippen LogP contribution is 2.28. The predicted molar refractivity (Wildman–Crippen MR) is 74.7 cm³/mol. The molecule has 0 saturated heterocycles. The second-order valence-electron chi connectivity index (χ2n) is 3.55. The van der Waals surface area contributed by atoms with Crippen molar-refractivity contribution < 1.29 is 0 Å². The zero-order valence-corrected chi connectivity index (χ0v) is 11.0. The van der Waals surface area contributed by atoms with Gasteiger partial charge in [0.15, 0.2) is 0 Å². The zero-order valence-electron chi connectivity index (χ0n) is 10.1. The summed E-state index contributed by atoms with van der Waals surface area (Å²) in [7, 11) is 0. The summed E-state index contributed by atoms with van der Waals surface area (Å²) in [5, 5.41) is 0.